The van der Waals surface area contributed by atoms with Crippen molar-refractivity contribution in [1.82, 2.24) is 29.5 Å². The molecule has 10 nitrogen and oxygen atoms in total. The summed E-state index contributed by atoms with van der Waals surface area (Å²) in [6.45, 7) is 2.88. The number of ether oxygens (including phenoxy) is 1. The van der Waals surface area contributed by atoms with Gasteiger partial charge in [-0.15, -0.1) is 0 Å². The number of carbonyl (C=O) groups excluding carboxylic acids is 3. The van der Waals surface area contributed by atoms with Gasteiger partial charge in [0.05, 0.1) is 11.3 Å². The quantitative estimate of drug-likeness (QED) is 0.492. The highest BCUT2D eigenvalue weighted by Crippen LogP contribution is 2.15. The Kier molecular flexibility index (Phi) is 5.07. The van der Waals surface area contributed by atoms with E-state index in [9.17, 15) is 14.4 Å². The molecular formula is C19H20N6O4. The van der Waals surface area contributed by atoms with E-state index in [0.717, 1.165) is 25.9 Å². The Bertz CT molecular complexity index is 1080. The Morgan fingerprint density at radius 3 is 2.76 bits per heavy atom. The molecule has 3 aromatic heterocycles. The van der Waals surface area contributed by atoms with Gasteiger partial charge in [0.1, 0.15) is 12.0 Å². The number of fused-ring (bicyclic) bond motifs is 1. The second kappa shape index (κ2) is 7.82. The van der Waals surface area contributed by atoms with Crippen LogP contribution in [0.5, 0.6) is 0 Å². The molecule has 1 amide bonds. The summed E-state index contributed by atoms with van der Waals surface area (Å²) >= 11 is 0. The molecule has 0 bridgehead atoms. The van der Waals surface area contributed by atoms with Crippen molar-refractivity contribution >= 4 is 23.4 Å². The largest absolute Gasteiger partial charge is 0.454 e. The van der Waals surface area contributed by atoms with Crippen LogP contribution in [0.2, 0.25) is 0 Å². The fourth-order valence-corrected chi connectivity index (χ4v) is 3.40. The first-order chi connectivity index (χ1) is 14.1. The van der Waals surface area contributed by atoms with Crippen molar-refractivity contribution in [1.29, 1.82) is 0 Å². The number of hydrogen-bond acceptors (Lipinski definition) is 7. The summed E-state index contributed by atoms with van der Waals surface area (Å²) in [6, 6.07) is 1.50. The summed E-state index contributed by atoms with van der Waals surface area (Å²) in [5, 5.41) is 4.06. The second-order valence-corrected chi connectivity index (χ2v) is 6.74. The van der Waals surface area contributed by atoms with Crippen LogP contribution < -0.4 is 0 Å². The molecule has 4 heterocycles. The fraction of sp³-hybridized carbons (Fsp3) is 0.368. The molecule has 10 heteroatoms. The van der Waals surface area contributed by atoms with Crippen LogP contribution >= 0.6 is 0 Å². The molecule has 1 fully saturated rings. The first-order valence-corrected chi connectivity index (χ1v) is 9.44. The lowest BCUT2D eigenvalue weighted by Crippen LogP contribution is -2.27. The van der Waals surface area contributed by atoms with Gasteiger partial charge in [-0.25, -0.2) is 14.3 Å². The number of rotatable bonds is 6. The lowest BCUT2D eigenvalue weighted by molar-refractivity contribution is 0.0472. The maximum atomic E-state index is 12.5. The lowest BCUT2D eigenvalue weighted by Gasteiger charge is -2.13. The topological polar surface area (TPSA) is 123 Å². The number of nitrogens with zero attached hydrogens (tertiary/aromatic N) is 5. The zero-order valence-electron chi connectivity index (χ0n) is 15.9. The minimum absolute atomic E-state index is 0.127. The van der Waals surface area contributed by atoms with Gasteiger partial charge in [0.2, 0.25) is 5.78 Å². The third-order valence-electron chi connectivity index (χ3n) is 4.92. The molecule has 4 rings (SSSR count). The summed E-state index contributed by atoms with van der Waals surface area (Å²) in [6.07, 6.45) is 6.68. The molecule has 0 spiro atoms. The summed E-state index contributed by atoms with van der Waals surface area (Å²) in [7, 11) is 0. The van der Waals surface area contributed by atoms with Crippen LogP contribution in [0, 0.1) is 0 Å². The van der Waals surface area contributed by atoms with Gasteiger partial charge in [-0.05, 0) is 25.3 Å². The number of esters is 1. The zero-order valence-corrected chi connectivity index (χ0v) is 15.9. The Morgan fingerprint density at radius 1 is 1.21 bits per heavy atom. The monoisotopic (exact) mass is 396 g/mol. The molecule has 1 N–H and O–H groups in total. The van der Waals surface area contributed by atoms with Crippen molar-refractivity contribution in [2.45, 2.75) is 26.2 Å². The summed E-state index contributed by atoms with van der Waals surface area (Å²) in [5.74, 6) is -0.803. The molecule has 0 aliphatic carbocycles. The van der Waals surface area contributed by atoms with E-state index in [1.165, 1.54) is 29.3 Å². The third-order valence-corrected chi connectivity index (χ3v) is 4.92. The Hall–Kier alpha value is -3.56. The molecule has 3 aromatic rings. The Morgan fingerprint density at radius 2 is 2.00 bits per heavy atom. The van der Waals surface area contributed by atoms with E-state index < -0.39 is 18.4 Å². The number of aromatic nitrogens is 5. The highest BCUT2D eigenvalue weighted by molar-refractivity contribution is 6.02. The number of aromatic amines is 1. The molecule has 1 aliphatic heterocycles. The normalized spacial score (nSPS) is 13.8. The number of likely N-dealkylation sites (tertiary alicyclic amines) is 1. The van der Waals surface area contributed by atoms with E-state index in [1.54, 1.807) is 4.90 Å². The van der Waals surface area contributed by atoms with Gasteiger partial charge in [-0.2, -0.15) is 10.1 Å². The summed E-state index contributed by atoms with van der Waals surface area (Å²) in [5.41, 5.74) is 1.49. The molecule has 1 aliphatic rings. The summed E-state index contributed by atoms with van der Waals surface area (Å²) < 4.78 is 6.66. The van der Waals surface area contributed by atoms with Gasteiger partial charge in [0, 0.05) is 31.0 Å². The first kappa shape index (κ1) is 18.8. The van der Waals surface area contributed by atoms with Crippen molar-refractivity contribution < 1.29 is 19.1 Å². The zero-order chi connectivity index (χ0) is 20.4. The van der Waals surface area contributed by atoms with Gasteiger partial charge < -0.3 is 14.6 Å². The SMILES string of the molecule is CCc1c(C(=O)OCC(=O)c2c[nH]c(C(=O)N3CCCC3)c2)cnc2ncnn12. The number of carbonyl (C=O) groups is 3. The van der Waals surface area contributed by atoms with Crippen LogP contribution in [-0.2, 0) is 11.2 Å². The average molecular weight is 396 g/mol. The van der Waals surface area contributed by atoms with Crippen LogP contribution in [0.15, 0.2) is 24.8 Å². The van der Waals surface area contributed by atoms with Gasteiger partial charge in [-0.3, -0.25) is 9.59 Å². The number of H-pyrrole nitrogens is 1. The first-order valence-electron chi connectivity index (χ1n) is 9.44. The number of amides is 1. The molecule has 0 aromatic carbocycles. The predicted octanol–water partition coefficient (Wildman–Crippen LogP) is 1.29. The van der Waals surface area contributed by atoms with Crippen molar-refractivity contribution in [2.24, 2.45) is 0 Å². The highest BCUT2D eigenvalue weighted by Gasteiger charge is 2.23. The van der Waals surface area contributed by atoms with E-state index >= 15 is 0 Å². The number of aryl methyl sites for hydroxylation is 1. The number of hydrogen-bond donors (Lipinski definition) is 1. The van der Waals surface area contributed by atoms with Crippen LogP contribution in [-0.4, -0.2) is 66.8 Å². The van der Waals surface area contributed by atoms with Crippen LogP contribution in [0.1, 0.15) is 56.7 Å². The molecule has 0 saturated carbocycles. The lowest BCUT2D eigenvalue weighted by atomic mass is 10.2. The van der Waals surface area contributed by atoms with Crippen molar-refractivity contribution in [3.8, 4) is 0 Å². The van der Waals surface area contributed by atoms with E-state index in [1.807, 2.05) is 6.92 Å². The van der Waals surface area contributed by atoms with Gasteiger partial charge in [0.15, 0.2) is 6.61 Å². The van der Waals surface area contributed by atoms with Gasteiger partial charge in [-0.1, -0.05) is 6.92 Å². The van der Waals surface area contributed by atoms with Crippen molar-refractivity contribution in [3.63, 3.8) is 0 Å². The molecule has 0 unspecified atom stereocenters. The minimum atomic E-state index is -0.663. The number of Topliss-reactive ketones (excluding diaryl/α,β-unsaturated/α-hetero) is 1. The molecule has 29 heavy (non-hydrogen) atoms. The highest BCUT2D eigenvalue weighted by atomic mass is 16.5. The van der Waals surface area contributed by atoms with E-state index in [0.29, 0.717) is 29.1 Å². The van der Waals surface area contributed by atoms with Crippen LogP contribution in [0.25, 0.3) is 5.78 Å². The Labute approximate surface area is 165 Å². The predicted molar refractivity (Wildman–Crippen MR) is 101 cm³/mol. The van der Waals surface area contributed by atoms with Crippen molar-refractivity contribution in [2.75, 3.05) is 19.7 Å². The van der Waals surface area contributed by atoms with Gasteiger partial charge >= 0.3 is 5.97 Å². The smallest absolute Gasteiger partial charge is 0.342 e. The molecular weight excluding hydrogens is 376 g/mol. The molecule has 150 valence electrons. The molecule has 0 atom stereocenters. The third kappa shape index (κ3) is 3.60. The Balaban J connectivity index is 1.42. The van der Waals surface area contributed by atoms with Crippen molar-refractivity contribution in [3.05, 3.63) is 47.3 Å². The second-order valence-electron chi connectivity index (χ2n) is 6.74. The molecule has 0 radical (unpaired) electrons. The fourth-order valence-electron chi connectivity index (χ4n) is 3.40. The standard InChI is InChI=1S/C19H20N6O4/c1-2-15-13(9-21-19-22-11-23-25(15)19)18(28)29-10-16(26)12-7-14(20-8-12)17(27)24-5-3-4-6-24/h7-9,11,20H,2-6,10H2,1H3. The van der Waals surface area contributed by atoms with E-state index in [4.69, 9.17) is 4.74 Å². The maximum Gasteiger partial charge on any atom is 0.342 e. The van der Waals surface area contributed by atoms with E-state index in [-0.39, 0.29) is 11.5 Å². The van der Waals surface area contributed by atoms with Crippen LogP contribution in [0.4, 0.5) is 0 Å². The maximum absolute atomic E-state index is 12.5. The number of ketones is 1. The van der Waals surface area contributed by atoms with Crippen LogP contribution in [0.3, 0.4) is 0 Å². The van der Waals surface area contributed by atoms with Gasteiger partial charge in [0.25, 0.3) is 11.7 Å². The average Bonchev–Trinajstić information content (AvgIpc) is 3.50. The minimum Gasteiger partial charge on any atom is -0.454 e. The van der Waals surface area contributed by atoms with E-state index in [2.05, 4.69) is 20.1 Å². The summed E-state index contributed by atoms with van der Waals surface area (Å²) in [4.78, 5) is 49.9. The molecule has 1 saturated heterocycles. The number of nitrogens with one attached hydrogen (secondary N) is 1.